The lowest BCUT2D eigenvalue weighted by Crippen LogP contribution is -2.38. The molecule has 0 radical (unpaired) electrons. The van der Waals surface area contributed by atoms with Crippen molar-refractivity contribution in [3.05, 3.63) is 18.2 Å². The first kappa shape index (κ1) is 14.6. The lowest BCUT2D eigenvalue weighted by molar-refractivity contribution is -0.128. The molecule has 21 heavy (non-hydrogen) atoms. The molecule has 2 rings (SSSR count). The molecule has 1 aromatic rings. The number of carbonyl (C=O) groups excluding carboxylic acids is 3. The molecule has 1 saturated heterocycles. The SMILES string of the molecule is COc1ccc(NC(=O)CN2C(=O)CNC2=O)c(OC)c1. The zero-order chi connectivity index (χ0) is 15.4. The number of hydrogen-bond donors (Lipinski definition) is 2. The van der Waals surface area contributed by atoms with Crippen molar-refractivity contribution in [3.8, 4) is 11.5 Å². The van der Waals surface area contributed by atoms with Gasteiger partial charge in [0.1, 0.15) is 18.0 Å². The smallest absolute Gasteiger partial charge is 0.325 e. The number of anilines is 1. The maximum absolute atomic E-state index is 11.9. The number of urea groups is 1. The summed E-state index contributed by atoms with van der Waals surface area (Å²) >= 11 is 0. The number of nitrogens with one attached hydrogen (secondary N) is 2. The molecule has 8 nitrogen and oxygen atoms in total. The number of benzene rings is 1. The number of ether oxygens (including phenoxy) is 2. The molecule has 0 unspecified atom stereocenters. The molecule has 0 aromatic heterocycles. The van der Waals surface area contributed by atoms with E-state index in [1.54, 1.807) is 18.2 Å². The minimum absolute atomic E-state index is 0.0853. The minimum Gasteiger partial charge on any atom is -0.497 e. The monoisotopic (exact) mass is 293 g/mol. The van der Waals surface area contributed by atoms with Crippen molar-refractivity contribution in [2.45, 2.75) is 0 Å². The summed E-state index contributed by atoms with van der Waals surface area (Å²) in [6.07, 6.45) is 0. The summed E-state index contributed by atoms with van der Waals surface area (Å²) in [5.74, 6) is 0.0690. The molecule has 0 aliphatic carbocycles. The Balaban J connectivity index is 2.06. The first-order valence-corrected chi connectivity index (χ1v) is 6.15. The second kappa shape index (κ2) is 6.12. The van der Waals surface area contributed by atoms with E-state index in [1.807, 2.05) is 0 Å². The fourth-order valence-corrected chi connectivity index (χ4v) is 1.85. The van der Waals surface area contributed by atoms with Crippen molar-refractivity contribution in [2.75, 3.05) is 32.6 Å². The van der Waals surface area contributed by atoms with E-state index in [0.29, 0.717) is 17.2 Å². The third kappa shape index (κ3) is 3.22. The van der Waals surface area contributed by atoms with Gasteiger partial charge in [-0.1, -0.05) is 0 Å². The summed E-state index contributed by atoms with van der Waals surface area (Å²) in [5.41, 5.74) is 0.426. The average molecular weight is 293 g/mol. The van der Waals surface area contributed by atoms with Gasteiger partial charge in [0.2, 0.25) is 5.91 Å². The van der Waals surface area contributed by atoms with E-state index >= 15 is 0 Å². The first-order valence-electron chi connectivity index (χ1n) is 6.15. The fraction of sp³-hybridized carbons (Fsp3) is 0.308. The Morgan fingerprint density at radius 3 is 2.67 bits per heavy atom. The Hall–Kier alpha value is -2.77. The minimum atomic E-state index is -0.572. The quantitative estimate of drug-likeness (QED) is 0.756. The second-order valence-corrected chi connectivity index (χ2v) is 4.25. The van der Waals surface area contributed by atoms with Crippen molar-refractivity contribution in [2.24, 2.45) is 0 Å². The molecule has 0 bridgehead atoms. The molecule has 1 aliphatic rings. The van der Waals surface area contributed by atoms with E-state index in [2.05, 4.69) is 10.6 Å². The molecule has 1 fully saturated rings. The second-order valence-electron chi connectivity index (χ2n) is 4.25. The van der Waals surface area contributed by atoms with Crippen LogP contribution >= 0.6 is 0 Å². The van der Waals surface area contributed by atoms with Crippen LogP contribution in [0, 0.1) is 0 Å². The fourth-order valence-electron chi connectivity index (χ4n) is 1.85. The van der Waals surface area contributed by atoms with Gasteiger partial charge in [0.05, 0.1) is 26.5 Å². The van der Waals surface area contributed by atoms with E-state index in [-0.39, 0.29) is 13.1 Å². The van der Waals surface area contributed by atoms with Crippen molar-refractivity contribution < 1.29 is 23.9 Å². The van der Waals surface area contributed by atoms with Gasteiger partial charge in [-0.2, -0.15) is 0 Å². The summed E-state index contributed by atoms with van der Waals surface area (Å²) in [5, 5.41) is 4.93. The number of methoxy groups -OCH3 is 2. The number of amides is 4. The van der Waals surface area contributed by atoms with E-state index < -0.39 is 17.8 Å². The summed E-state index contributed by atoms with van der Waals surface area (Å²) in [6, 6.07) is 4.31. The van der Waals surface area contributed by atoms with Crippen molar-refractivity contribution in [1.29, 1.82) is 0 Å². The summed E-state index contributed by atoms with van der Waals surface area (Å²) in [7, 11) is 2.98. The van der Waals surface area contributed by atoms with Crippen LogP contribution in [0.5, 0.6) is 11.5 Å². The van der Waals surface area contributed by atoms with E-state index in [9.17, 15) is 14.4 Å². The van der Waals surface area contributed by atoms with Gasteiger partial charge in [-0.15, -0.1) is 0 Å². The summed E-state index contributed by atoms with van der Waals surface area (Å²) in [6.45, 7) is -0.433. The maximum atomic E-state index is 11.9. The number of hydrogen-bond acceptors (Lipinski definition) is 5. The standard InChI is InChI=1S/C13H15N3O5/c1-20-8-3-4-9(10(5-8)21-2)15-11(17)7-16-12(18)6-14-13(16)19/h3-5H,6-7H2,1-2H3,(H,14,19)(H,15,17). The third-order valence-electron chi connectivity index (χ3n) is 2.92. The molecule has 0 saturated carbocycles. The normalized spacial score (nSPS) is 13.9. The van der Waals surface area contributed by atoms with Crippen molar-refractivity contribution >= 4 is 23.5 Å². The van der Waals surface area contributed by atoms with Crippen LogP contribution in [0.2, 0.25) is 0 Å². The van der Waals surface area contributed by atoms with Gasteiger partial charge in [0.25, 0.3) is 5.91 Å². The molecule has 0 atom stereocenters. The van der Waals surface area contributed by atoms with Crippen LogP contribution in [-0.4, -0.2) is 50.1 Å². The molecule has 1 aliphatic heterocycles. The van der Waals surface area contributed by atoms with Crippen LogP contribution in [0.3, 0.4) is 0 Å². The molecule has 1 aromatic carbocycles. The van der Waals surface area contributed by atoms with Crippen LogP contribution in [0.25, 0.3) is 0 Å². The molecular formula is C13H15N3O5. The molecule has 8 heteroatoms. The highest BCUT2D eigenvalue weighted by Crippen LogP contribution is 2.28. The highest BCUT2D eigenvalue weighted by molar-refractivity contribution is 6.06. The lowest BCUT2D eigenvalue weighted by Gasteiger charge is -2.14. The molecule has 2 N–H and O–H groups in total. The number of rotatable bonds is 5. The Bertz CT molecular complexity index is 571. The zero-order valence-corrected chi connectivity index (χ0v) is 11.6. The van der Waals surface area contributed by atoms with Crippen molar-refractivity contribution in [3.63, 3.8) is 0 Å². The Kier molecular flexibility index (Phi) is 4.27. The van der Waals surface area contributed by atoms with Gasteiger partial charge in [-0.05, 0) is 12.1 Å². The molecule has 1 heterocycles. The van der Waals surface area contributed by atoms with Gasteiger partial charge < -0.3 is 20.1 Å². The zero-order valence-electron chi connectivity index (χ0n) is 11.6. The number of nitrogens with zero attached hydrogens (tertiary/aromatic N) is 1. The van der Waals surface area contributed by atoms with Crippen LogP contribution in [0.4, 0.5) is 10.5 Å². The van der Waals surface area contributed by atoms with Gasteiger partial charge in [-0.25, -0.2) is 4.79 Å². The predicted octanol–water partition coefficient (Wildman–Crippen LogP) is 0.194. The van der Waals surface area contributed by atoms with E-state index in [1.165, 1.54) is 14.2 Å². The lowest BCUT2D eigenvalue weighted by atomic mass is 10.2. The van der Waals surface area contributed by atoms with Crippen molar-refractivity contribution in [1.82, 2.24) is 10.2 Å². The average Bonchev–Trinajstić information content (AvgIpc) is 2.79. The van der Waals surface area contributed by atoms with Gasteiger partial charge in [0, 0.05) is 6.07 Å². The molecule has 4 amide bonds. The Labute approximate surface area is 121 Å². The Morgan fingerprint density at radius 1 is 1.33 bits per heavy atom. The van der Waals surface area contributed by atoms with E-state index in [0.717, 1.165) is 4.90 Å². The van der Waals surface area contributed by atoms with Gasteiger partial charge in [-0.3, -0.25) is 14.5 Å². The van der Waals surface area contributed by atoms with Crippen LogP contribution in [-0.2, 0) is 9.59 Å². The molecule has 0 spiro atoms. The highest BCUT2D eigenvalue weighted by atomic mass is 16.5. The number of imide groups is 1. The first-order chi connectivity index (χ1) is 10.0. The van der Waals surface area contributed by atoms with Gasteiger partial charge in [0.15, 0.2) is 0 Å². The van der Waals surface area contributed by atoms with Gasteiger partial charge >= 0.3 is 6.03 Å². The summed E-state index contributed by atoms with van der Waals surface area (Å²) < 4.78 is 10.2. The highest BCUT2D eigenvalue weighted by Gasteiger charge is 2.30. The topological polar surface area (TPSA) is 97.0 Å². The predicted molar refractivity (Wildman–Crippen MR) is 73.3 cm³/mol. The summed E-state index contributed by atoms with van der Waals surface area (Å²) in [4.78, 5) is 35.5. The largest absolute Gasteiger partial charge is 0.497 e. The van der Waals surface area contributed by atoms with E-state index in [4.69, 9.17) is 9.47 Å². The number of carbonyl (C=O) groups is 3. The van der Waals surface area contributed by atoms with Crippen LogP contribution in [0.15, 0.2) is 18.2 Å². The van der Waals surface area contributed by atoms with Crippen LogP contribution in [0.1, 0.15) is 0 Å². The molecule has 112 valence electrons. The Morgan fingerprint density at radius 2 is 2.10 bits per heavy atom. The third-order valence-corrected chi connectivity index (χ3v) is 2.92. The molecular weight excluding hydrogens is 278 g/mol. The van der Waals surface area contributed by atoms with Crippen LogP contribution < -0.4 is 20.1 Å². The maximum Gasteiger partial charge on any atom is 0.325 e.